The van der Waals surface area contributed by atoms with Crippen LogP contribution in [0.4, 0.5) is 5.69 Å². The molecule has 0 heterocycles. The molecule has 0 amide bonds. The number of anilines is 1. The minimum atomic E-state index is -4.38. The molecular formula is C8H12N2O6S2. The van der Waals surface area contributed by atoms with Crippen LogP contribution in [0.5, 0.6) is 0 Å². The first kappa shape index (κ1) is 14.9. The molecule has 0 unspecified atom stereocenters. The van der Waals surface area contributed by atoms with Crippen LogP contribution in [0.2, 0.25) is 0 Å². The van der Waals surface area contributed by atoms with E-state index in [9.17, 15) is 16.8 Å². The number of aliphatic hydroxyl groups excluding tert-OH is 1. The second-order valence-corrected chi connectivity index (χ2v) is 6.53. The third kappa shape index (κ3) is 4.58. The molecule has 0 fully saturated rings. The molecule has 0 saturated carbocycles. The maximum absolute atomic E-state index is 11.5. The van der Waals surface area contributed by atoms with Crippen molar-refractivity contribution < 1.29 is 26.5 Å². The summed E-state index contributed by atoms with van der Waals surface area (Å²) in [7, 11) is -7.92. The summed E-state index contributed by atoms with van der Waals surface area (Å²) in [5, 5.41) is 8.60. The lowest BCUT2D eigenvalue weighted by molar-refractivity contribution is 0.319. The van der Waals surface area contributed by atoms with Crippen molar-refractivity contribution in [2.45, 2.75) is 4.90 Å². The summed E-state index contributed by atoms with van der Waals surface area (Å²) in [5.41, 5.74) is 2.41. The van der Waals surface area contributed by atoms with E-state index in [2.05, 4.69) is 5.43 Å². The molecule has 0 aliphatic heterocycles. The number of nitrogens with one attached hydrogen (secondary N) is 2. The van der Waals surface area contributed by atoms with Crippen molar-refractivity contribution in [2.24, 2.45) is 0 Å². The van der Waals surface area contributed by atoms with E-state index in [0.717, 1.165) is 0 Å². The molecule has 0 aliphatic carbocycles. The van der Waals surface area contributed by atoms with Crippen LogP contribution in [0, 0.1) is 0 Å². The maximum atomic E-state index is 11.5. The molecule has 1 rings (SSSR count). The predicted molar refractivity (Wildman–Crippen MR) is 63.9 cm³/mol. The van der Waals surface area contributed by atoms with Gasteiger partial charge in [0.15, 0.2) is 9.84 Å². The quantitative estimate of drug-likeness (QED) is 0.398. The number of hydrazine groups is 1. The number of aliphatic hydroxyl groups is 1. The normalized spacial score (nSPS) is 12.3. The van der Waals surface area contributed by atoms with Crippen molar-refractivity contribution in [2.75, 3.05) is 17.8 Å². The highest BCUT2D eigenvalue weighted by Crippen LogP contribution is 2.14. The smallest absolute Gasteiger partial charge is 0.350 e. The van der Waals surface area contributed by atoms with Gasteiger partial charge in [-0.3, -0.25) is 4.55 Å². The van der Waals surface area contributed by atoms with E-state index in [-0.39, 0.29) is 16.3 Å². The first-order chi connectivity index (χ1) is 8.24. The Hall–Kier alpha value is -1.20. The Morgan fingerprint density at radius 3 is 2.06 bits per heavy atom. The lowest BCUT2D eigenvalue weighted by atomic mass is 10.3. The second kappa shape index (κ2) is 5.63. The molecule has 0 spiro atoms. The van der Waals surface area contributed by atoms with Gasteiger partial charge in [0.05, 0.1) is 17.3 Å². The van der Waals surface area contributed by atoms with Crippen LogP contribution in [-0.4, -0.2) is 38.9 Å². The first-order valence-corrected chi connectivity index (χ1v) is 7.78. The van der Waals surface area contributed by atoms with Gasteiger partial charge in [-0.05, 0) is 24.3 Å². The lowest BCUT2D eigenvalue weighted by Gasteiger charge is -2.07. The van der Waals surface area contributed by atoms with Gasteiger partial charge in [0.2, 0.25) is 0 Å². The number of hydrogen-bond acceptors (Lipinski definition) is 6. The summed E-state index contributed by atoms with van der Waals surface area (Å²) in [6.07, 6.45) is 0. The number of sulfone groups is 1. The maximum Gasteiger partial charge on any atom is 0.350 e. The number of benzene rings is 1. The Kier molecular flexibility index (Phi) is 4.65. The SMILES string of the molecule is O=S(=O)(O)NNc1ccc(S(=O)(=O)CCO)cc1. The van der Waals surface area contributed by atoms with Crippen molar-refractivity contribution in [3.8, 4) is 0 Å². The van der Waals surface area contributed by atoms with Gasteiger partial charge < -0.3 is 10.5 Å². The van der Waals surface area contributed by atoms with Gasteiger partial charge in [-0.1, -0.05) is 0 Å². The van der Waals surface area contributed by atoms with Crippen LogP contribution in [0.1, 0.15) is 0 Å². The van der Waals surface area contributed by atoms with Crippen LogP contribution in [0.25, 0.3) is 0 Å². The highest BCUT2D eigenvalue weighted by molar-refractivity contribution is 7.91. The first-order valence-electron chi connectivity index (χ1n) is 4.68. The fraction of sp³-hybridized carbons (Fsp3) is 0.250. The van der Waals surface area contributed by atoms with E-state index >= 15 is 0 Å². The molecule has 0 aliphatic rings. The van der Waals surface area contributed by atoms with E-state index in [1.165, 1.54) is 24.3 Å². The second-order valence-electron chi connectivity index (χ2n) is 3.27. The van der Waals surface area contributed by atoms with Crippen LogP contribution in [0.3, 0.4) is 0 Å². The average Bonchev–Trinajstić information content (AvgIpc) is 2.26. The monoisotopic (exact) mass is 296 g/mol. The predicted octanol–water partition coefficient (Wildman–Crippen LogP) is -0.828. The Morgan fingerprint density at radius 1 is 1.06 bits per heavy atom. The van der Waals surface area contributed by atoms with Crippen molar-refractivity contribution in [3.05, 3.63) is 24.3 Å². The summed E-state index contributed by atoms with van der Waals surface area (Å²) in [6.45, 7) is -0.480. The fourth-order valence-corrected chi connectivity index (χ4v) is 2.38. The summed E-state index contributed by atoms with van der Waals surface area (Å²) < 4.78 is 52.2. The molecule has 0 bridgehead atoms. The van der Waals surface area contributed by atoms with Gasteiger partial charge in [-0.25, -0.2) is 8.42 Å². The molecule has 10 heteroatoms. The van der Waals surface area contributed by atoms with E-state index in [0.29, 0.717) is 0 Å². The third-order valence-electron chi connectivity index (χ3n) is 1.90. The highest BCUT2D eigenvalue weighted by Gasteiger charge is 2.13. The molecule has 0 radical (unpaired) electrons. The van der Waals surface area contributed by atoms with Crippen molar-refractivity contribution in [1.29, 1.82) is 0 Å². The summed E-state index contributed by atoms with van der Waals surface area (Å²) >= 11 is 0. The summed E-state index contributed by atoms with van der Waals surface area (Å²) in [6, 6.07) is 5.11. The molecule has 18 heavy (non-hydrogen) atoms. The Morgan fingerprint density at radius 2 is 1.61 bits per heavy atom. The van der Waals surface area contributed by atoms with Crippen LogP contribution in [-0.2, 0) is 20.1 Å². The van der Waals surface area contributed by atoms with E-state index < -0.39 is 26.7 Å². The van der Waals surface area contributed by atoms with Crippen molar-refractivity contribution in [1.82, 2.24) is 4.83 Å². The van der Waals surface area contributed by atoms with Gasteiger partial charge in [0, 0.05) is 5.69 Å². The number of rotatable bonds is 6. The van der Waals surface area contributed by atoms with Crippen LogP contribution in [0.15, 0.2) is 29.2 Å². The van der Waals surface area contributed by atoms with Gasteiger partial charge in [0.1, 0.15) is 0 Å². The average molecular weight is 296 g/mol. The van der Waals surface area contributed by atoms with Crippen LogP contribution < -0.4 is 10.3 Å². The zero-order chi connectivity index (χ0) is 13.8. The zero-order valence-corrected chi connectivity index (χ0v) is 10.7. The zero-order valence-electron chi connectivity index (χ0n) is 9.07. The molecule has 0 aromatic heterocycles. The van der Waals surface area contributed by atoms with Crippen molar-refractivity contribution in [3.63, 3.8) is 0 Å². The molecule has 102 valence electrons. The van der Waals surface area contributed by atoms with Gasteiger partial charge in [-0.2, -0.15) is 8.42 Å². The Bertz CT molecular complexity index is 593. The molecule has 1 aromatic carbocycles. The molecular weight excluding hydrogens is 284 g/mol. The van der Waals surface area contributed by atoms with E-state index in [1.807, 2.05) is 0 Å². The molecule has 0 saturated heterocycles. The lowest BCUT2D eigenvalue weighted by Crippen LogP contribution is -2.28. The highest BCUT2D eigenvalue weighted by atomic mass is 32.2. The number of hydrogen-bond donors (Lipinski definition) is 4. The molecule has 0 atom stereocenters. The van der Waals surface area contributed by atoms with Crippen molar-refractivity contribution >= 4 is 25.8 Å². The minimum absolute atomic E-state index is 0.00829. The minimum Gasteiger partial charge on any atom is -0.395 e. The largest absolute Gasteiger partial charge is 0.395 e. The molecule has 8 nitrogen and oxygen atoms in total. The molecule has 1 aromatic rings. The summed E-state index contributed by atoms with van der Waals surface area (Å²) in [4.78, 5) is 1.62. The fourth-order valence-electron chi connectivity index (χ4n) is 1.11. The Balaban J connectivity index is 2.81. The van der Waals surface area contributed by atoms with Gasteiger partial charge in [-0.15, -0.1) is 4.83 Å². The topological polar surface area (TPSA) is 133 Å². The van der Waals surface area contributed by atoms with E-state index in [1.54, 1.807) is 4.83 Å². The molecule has 4 N–H and O–H groups in total. The van der Waals surface area contributed by atoms with Gasteiger partial charge >= 0.3 is 10.3 Å². The van der Waals surface area contributed by atoms with Crippen LogP contribution >= 0.6 is 0 Å². The Labute approximate surface area is 104 Å². The third-order valence-corrected chi connectivity index (χ3v) is 3.97. The van der Waals surface area contributed by atoms with E-state index in [4.69, 9.17) is 9.66 Å². The summed E-state index contributed by atoms with van der Waals surface area (Å²) in [5.74, 6) is -0.386. The van der Waals surface area contributed by atoms with Gasteiger partial charge in [0.25, 0.3) is 0 Å². The standard InChI is InChI=1S/C8H12N2O6S2/c11-5-6-17(12,13)8-3-1-7(2-4-8)9-10-18(14,15)16/h1-4,9-11H,5-6H2,(H,14,15,16).